The molecule has 0 aliphatic rings. The topological polar surface area (TPSA) is 136 Å². The molecule has 0 bridgehead atoms. The van der Waals surface area contributed by atoms with Crippen LogP contribution in [-0.4, -0.2) is 57.6 Å². The van der Waals surface area contributed by atoms with Crippen LogP contribution in [0.2, 0.25) is 0 Å². The summed E-state index contributed by atoms with van der Waals surface area (Å²) in [6.45, 7) is -1.19. The van der Waals surface area contributed by atoms with Crippen LogP contribution < -0.4 is 15.7 Å². The molecule has 5 N–H and O–H groups in total. The molecule has 0 radical (unpaired) electrons. The standard InChI is InChI=1S/C7H14N6O4/c1-17-13(4-16)7-11-5(8-2-14)10-6(12-7)9-3-15/h14-16H,2-4H2,1H3,(H2,8,9,10,11,12). The van der Waals surface area contributed by atoms with E-state index in [1.165, 1.54) is 7.11 Å². The summed E-state index contributed by atoms with van der Waals surface area (Å²) in [7, 11) is 1.33. The number of hydroxylamine groups is 1. The van der Waals surface area contributed by atoms with Crippen LogP contribution in [0.15, 0.2) is 0 Å². The average Bonchev–Trinajstić information content (AvgIpc) is 2.31. The zero-order chi connectivity index (χ0) is 12.7. The number of nitrogens with one attached hydrogen (secondary N) is 2. The second-order valence-corrected chi connectivity index (χ2v) is 2.65. The Morgan fingerprint density at radius 1 is 1.06 bits per heavy atom. The van der Waals surface area contributed by atoms with Crippen LogP contribution in [0.3, 0.4) is 0 Å². The first kappa shape index (κ1) is 13.3. The van der Waals surface area contributed by atoms with Crippen LogP contribution in [0, 0.1) is 0 Å². The van der Waals surface area contributed by atoms with Gasteiger partial charge < -0.3 is 26.0 Å². The van der Waals surface area contributed by atoms with E-state index in [1.807, 2.05) is 0 Å². The molecule has 0 unspecified atom stereocenters. The Hall–Kier alpha value is -1.75. The second kappa shape index (κ2) is 6.75. The molecular weight excluding hydrogens is 232 g/mol. The van der Waals surface area contributed by atoms with E-state index in [4.69, 9.17) is 20.2 Å². The lowest BCUT2D eigenvalue weighted by Crippen LogP contribution is -2.26. The molecule has 0 saturated carbocycles. The van der Waals surface area contributed by atoms with Gasteiger partial charge in [0, 0.05) is 0 Å². The lowest BCUT2D eigenvalue weighted by molar-refractivity contribution is 0.0973. The minimum Gasteiger partial charge on any atom is -0.376 e. The van der Waals surface area contributed by atoms with Crippen molar-refractivity contribution in [1.29, 1.82) is 0 Å². The highest BCUT2D eigenvalue weighted by Crippen LogP contribution is 2.12. The third-order valence-electron chi connectivity index (χ3n) is 1.67. The van der Waals surface area contributed by atoms with E-state index >= 15 is 0 Å². The molecule has 17 heavy (non-hydrogen) atoms. The zero-order valence-corrected chi connectivity index (χ0v) is 9.16. The van der Waals surface area contributed by atoms with Gasteiger partial charge in [-0.2, -0.15) is 20.0 Å². The van der Waals surface area contributed by atoms with Gasteiger partial charge in [-0.1, -0.05) is 0 Å². The average molecular weight is 246 g/mol. The molecule has 96 valence electrons. The van der Waals surface area contributed by atoms with Gasteiger partial charge in [-0.3, -0.25) is 4.84 Å². The first-order chi connectivity index (χ1) is 8.24. The molecule has 10 nitrogen and oxygen atoms in total. The summed E-state index contributed by atoms with van der Waals surface area (Å²) in [4.78, 5) is 16.4. The van der Waals surface area contributed by atoms with Crippen molar-refractivity contribution in [2.75, 3.05) is 43.0 Å². The van der Waals surface area contributed by atoms with E-state index in [-0.39, 0.29) is 31.3 Å². The van der Waals surface area contributed by atoms with Crippen molar-refractivity contribution < 1.29 is 20.2 Å². The number of aromatic nitrogens is 3. The van der Waals surface area contributed by atoms with Gasteiger partial charge in [0.05, 0.1) is 7.11 Å². The molecule has 0 saturated heterocycles. The Labute approximate surface area is 96.9 Å². The summed E-state index contributed by atoms with van der Waals surface area (Å²) in [6.07, 6.45) is 0. The van der Waals surface area contributed by atoms with Crippen LogP contribution in [0.25, 0.3) is 0 Å². The zero-order valence-electron chi connectivity index (χ0n) is 9.16. The highest BCUT2D eigenvalue weighted by molar-refractivity contribution is 5.41. The van der Waals surface area contributed by atoms with Crippen molar-refractivity contribution in [3.05, 3.63) is 0 Å². The van der Waals surface area contributed by atoms with Gasteiger partial charge in [0.2, 0.25) is 11.9 Å². The van der Waals surface area contributed by atoms with Gasteiger partial charge in [0.15, 0.2) is 0 Å². The summed E-state index contributed by atoms with van der Waals surface area (Å²) in [5.74, 6) is 0.171. The van der Waals surface area contributed by atoms with Crippen molar-refractivity contribution in [2.24, 2.45) is 0 Å². The number of aliphatic hydroxyl groups excluding tert-OH is 3. The first-order valence-electron chi connectivity index (χ1n) is 4.63. The fourth-order valence-corrected chi connectivity index (χ4v) is 0.978. The summed E-state index contributed by atoms with van der Waals surface area (Å²) >= 11 is 0. The maximum absolute atomic E-state index is 8.98. The highest BCUT2D eigenvalue weighted by atomic mass is 16.7. The van der Waals surface area contributed by atoms with Crippen molar-refractivity contribution >= 4 is 17.8 Å². The Morgan fingerprint density at radius 3 is 1.94 bits per heavy atom. The molecule has 0 amide bonds. The molecular formula is C7H14N6O4. The van der Waals surface area contributed by atoms with Crippen LogP contribution in [0.5, 0.6) is 0 Å². The smallest absolute Gasteiger partial charge is 0.258 e. The molecule has 1 heterocycles. The molecule has 1 rings (SSSR count). The molecule has 0 aliphatic carbocycles. The van der Waals surface area contributed by atoms with E-state index in [0.29, 0.717) is 0 Å². The predicted molar refractivity (Wildman–Crippen MR) is 57.8 cm³/mol. The van der Waals surface area contributed by atoms with Crippen LogP contribution in [-0.2, 0) is 4.84 Å². The van der Waals surface area contributed by atoms with E-state index < -0.39 is 6.73 Å². The Kier molecular flexibility index (Phi) is 5.29. The van der Waals surface area contributed by atoms with Crippen LogP contribution in [0.4, 0.5) is 17.8 Å². The largest absolute Gasteiger partial charge is 0.376 e. The summed E-state index contributed by atoms with van der Waals surface area (Å²) in [6, 6.07) is 0. The third kappa shape index (κ3) is 3.64. The molecule has 0 spiro atoms. The first-order valence-corrected chi connectivity index (χ1v) is 4.63. The normalized spacial score (nSPS) is 10.1. The fourth-order valence-electron chi connectivity index (χ4n) is 0.978. The Morgan fingerprint density at radius 2 is 1.59 bits per heavy atom. The summed E-state index contributed by atoms with van der Waals surface area (Å²) in [5.41, 5.74) is 0. The van der Waals surface area contributed by atoms with Gasteiger partial charge in [-0.05, 0) is 0 Å². The van der Waals surface area contributed by atoms with Gasteiger partial charge in [-0.15, -0.1) is 0 Å². The second-order valence-electron chi connectivity index (χ2n) is 2.65. The molecule has 0 fully saturated rings. The number of aliphatic hydroxyl groups is 3. The number of anilines is 3. The fraction of sp³-hybridized carbons (Fsp3) is 0.571. The maximum Gasteiger partial charge on any atom is 0.258 e. The summed E-state index contributed by atoms with van der Waals surface area (Å²) < 4.78 is 0. The van der Waals surface area contributed by atoms with E-state index in [2.05, 4.69) is 25.6 Å². The quantitative estimate of drug-likeness (QED) is 0.269. The SMILES string of the molecule is CON(CO)c1nc(NCO)nc(NCO)n1. The Balaban J connectivity index is 3.01. The van der Waals surface area contributed by atoms with E-state index in [9.17, 15) is 0 Å². The third-order valence-corrected chi connectivity index (χ3v) is 1.67. The van der Waals surface area contributed by atoms with Crippen molar-refractivity contribution in [3.8, 4) is 0 Å². The van der Waals surface area contributed by atoms with Crippen LogP contribution >= 0.6 is 0 Å². The monoisotopic (exact) mass is 246 g/mol. The molecule has 0 aromatic carbocycles. The molecule has 1 aromatic heterocycles. The number of hydrogen-bond acceptors (Lipinski definition) is 10. The lowest BCUT2D eigenvalue weighted by Gasteiger charge is -2.17. The van der Waals surface area contributed by atoms with Crippen molar-refractivity contribution in [2.45, 2.75) is 0 Å². The molecule has 10 heteroatoms. The van der Waals surface area contributed by atoms with Gasteiger partial charge >= 0.3 is 0 Å². The highest BCUT2D eigenvalue weighted by Gasteiger charge is 2.12. The van der Waals surface area contributed by atoms with Crippen molar-refractivity contribution in [1.82, 2.24) is 15.0 Å². The number of hydrogen-bond donors (Lipinski definition) is 5. The number of nitrogens with zero attached hydrogens (tertiary/aromatic N) is 4. The molecule has 1 aromatic rings. The van der Waals surface area contributed by atoms with E-state index in [0.717, 1.165) is 5.06 Å². The molecule has 0 aliphatic heterocycles. The number of rotatable bonds is 7. The Bertz CT molecular complexity index is 323. The van der Waals surface area contributed by atoms with E-state index in [1.54, 1.807) is 0 Å². The lowest BCUT2D eigenvalue weighted by atomic mass is 10.7. The van der Waals surface area contributed by atoms with Crippen LogP contribution in [0.1, 0.15) is 0 Å². The summed E-state index contributed by atoms with van der Waals surface area (Å²) in [5, 5.41) is 32.3. The van der Waals surface area contributed by atoms with Gasteiger partial charge in [0.25, 0.3) is 5.95 Å². The minimum atomic E-state index is -0.461. The maximum atomic E-state index is 8.98. The van der Waals surface area contributed by atoms with Gasteiger partial charge in [0.1, 0.15) is 20.2 Å². The minimum absolute atomic E-state index is 0.0249. The van der Waals surface area contributed by atoms with Gasteiger partial charge in [-0.25, -0.2) is 0 Å². The van der Waals surface area contributed by atoms with Crippen molar-refractivity contribution in [3.63, 3.8) is 0 Å². The molecule has 0 atom stereocenters. The predicted octanol–water partition coefficient (Wildman–Crippen LogP) is -2.09.